The van der Waals surface area contributed by atoms with Crippen LogP contribution in [0.3, 0.4) is 0 Å². The van der Waals surface area contributed by atoms with E-state index in [1.165, 1.54) is 17.5 Å². The molecule has 5 heteroatoms. The second-order valence-electron chi connectivity index (χ2n) is 4.03. The van der Waals surface area contributed by atoms with Gasteiger partial charge in [0.05, 0.1) is 6.20 Å². The second kappa shape index (κ2) is 6.59. The quantitative estimate of drug-likeness (QED) is 0.814. The molecule has 4 nitrogen and oxygen atoms in total. The monoisotopic (exact) mass is 256 g/mol. The summed E-state index contributed by atoms with van der Waals surface area (Å²) >= 11 is 1.25. The van der Waals surface area contributed by atoms with Gasteiger partial charge in [0, 0.05) is 13.1 Å². The minimum absolute atomic E-state index is 0.308. The van der Waals surface area contributed by atoms with E-state index >= 15 is 0 Å². The SMILES string of the molecule is CCC(CC)CN(CC)c1ncc(C(=O)O)s1. The number of aromatic carboxylic acids is 1. The predicted octanol–water partition coefficient (Wildman–Crippen LogP) is 3.10. The van der Waals surface area contributed by atoms with E-state index in [4.69, 9.17) is 5.11 Å². The molecule has 0 bridgehead atoms. The molecule has 17 heavy (non-hydrogen) atoms. The number of thiazole rings is 1. The highest BCUT2D eigenvalue weighted by molar-refractivity contribution is 7.17. The highest BCUT2D eigenvalue weighted by Gasteiger charge is 2.15. The van der Waals surface area contributed by atoms with E-state index in [9.17, 15) is 4.79 Å². The lowest BCUT2D eigenvalue weighted by Crippen LogP contribution is -2.28. The Hall–Kier alpha value is -1.10. The van der Waals surface area contributed by atoms with Crippen molar-refractivity contribution < 1.29 is 9.90 Å². The third-order valence-corrected chi connectivity index (χ3v) is 4.04. The summed E-state index contributed by atoms with van der Waals surface area (Å²) in [6.45, 7) is 8.27. The van der Waals surface area contributed by atoms with Crippen LogP contribution >= 0.6 is 11.3 Å². The van der Waals surface area contributed by atoms with E-state index < -0.39 is 5.97 Å². The Bertz CT molecular complexity index is 361. The number of carboxylic acids is 1. The van der Waals surface area contributed by atoms with Crippen LogP contribution in [-0.2, 0) is 0 Å². The van der Waals surface area contributed by atoms with Gasteiger partial charge in [-0.2, -0.15) is 0 Å². The van der Waals surface area contributed by atoms with E-state index in [0.29, 0.717) is 10.8 Å². The Labute approximate surface area is 106 Å². The lowest BCUT2D eigenvalue weighted by atomic mass is 10.0. The Morgan fingerprint density at radius 3 is 2.53 bits per heavy atom. The van der Waals surface area contributed by atoms with Crippen LogP contribution in [0.2, 0.25) is 0 Å². The van der Waals surface area contributed by atoms with Crippen LogP contribution in [0.15, 0.2) is 6.20 Å². The van der Waals surface area contributed by atoms with Gasteiger partial charge in [-0.15, -0.1) is 0 Å². The predicted molar refractivity (Wildman–Crippen MR) is 71.0 cm³/mol. The van der Waals surface area contributed by atoms with Crippen molar-refractivity contribution in [1.82, 2.24) is 4.98 Å². The Balaban J connectivity index is 2.75. The molecule has 1 rings (SSSR count). The molecule has 1 aromatic rings. The highest BCUT2D eigenvalue weighted by Crippen LogP contribution is 2.24. The van der Waals surface area contributed by atoms with Gasteiger partial charge in [0.25, 0.3) is 0 Å². The third kappa shape index (κ3) is 3.70. The van der Waals surface area contributed by atoms with Crippen molar-refractivity contribution in [3.05, 3.63) is 11.1 Å². The molecule has 0 aromatic carbocycles. The van der Waals surface area contributed by atoms with Crippen molar-refractivity contribution in [2.24, 2.45) is 5.92 Å². The van der Waals surface area contributed by atoms with Gasteiger partial charge in [-0.1, -0.05) is 38.0 Å². The summed E-state index contributed by atoms with van der Waals surface area (Å²) < 4.78 is 0. The van der Waals surface area contributed by atoms with Crippen LogP contribution in [0.4, 0.5) is 5.13 Å². The molecule has 0 unspecified atom stereocenters. The maximum absolute atomic E-state index is 10.8. The van der Waals surface area contributed by atoms with Crippen LogP contribution in [0.25, 0.3) is 0 Å². The molecule has 0 radical (unpaired) electrons. The molecule has 0 amide bonds. The van der Waals surface area contributed by atoms with Gasteiger partial charge < -0.3 is 10.0 Å². The van der Waals surface area contributed by atoms with E-state index in [-0.39, 0.29) is 0 Å². The number of aromatic nitrogens is 1. The summed E-state index contributed by atoms with van der Waals surface area (Å²) in [5.41, 5.74) is 0. The van der Waals surface area contributed by atoms with E-state index in [1.54, 1.807) is 0 Å². The summed E-state index contributed by atoms with van der Waals surface area (Å²) in [5.74, 6) is -0.250. The van der Waals surface area contributed by atoms with E-state index in [0.717, 1.165) is 31.1 Å². The van der Waals surface area contributed by atoms with Crippen LogP contribution in [0.1, 0.15) is 43.3 Å². The van der Waals surface area contributed by atoms with Gasteiger partial charge in [0.2, 0.25) is 0 Å². The summed E-state index contributed by atoms with van der Waals surface area (Å²) in [7, 11) is 0. The number of anilines is 1. The average Bonchev–Trinajstić information content (AvgIpc) is 2.80. The first-order chi connectivity index (χ1) is 8.12. The van der Waals surface area contributed by atoms with Crippen molar-refractivity contribution >= 4 is 22.4 Å². The van der Waals surface area contributed by atoms with Gasteiger partial charge in [-0.05, 0) is 12.8 Å². The summed E-state index contributed by atoms with van der Waals surface area (Å²) in [5, 5.41) is 9.70. The Kier molecular flexibility index (Phi) is 5.41. The number of hydrogen-bond donors (Lipinski definition) is 1. The molecular formula is C12H20N2O2S. The lowest BCUT2D eigenvalue weighted by molar-refractivity contribution is 0.0702. The zero-order valence-electron chi connectivity index (χ0n) is 10.6. The first-order valence-electron chi connectivity index (χ1n) is 6.06. The van der Waals surface area contributed by atoms with Crippen LogP contribution in [-0.4, -0.2) is 29.1 Å². The minimum atomic E-state index is -0.896. The van der Waals surface area contributed by atoms with Gasteiger partial charge >= 0.3 is 5.97 Å². The largest absolute Gasteiger partial charge is 0.477 e. The van der Waals surface area contributed by atoms with Crippen molar-refractivity contribution in [3.63, 3.8) is 0 Å². The molecule has 1 aromatic heterocycles. The Morgan fingerprint density at radius 1 is 1.47 bits per heavy atom. The zero-order valence-corrected chi connectivity index (χ0v) is 11.5. The zero-order chi connectivity index (χ0) is 12.8. The number of carbonyl (C=O) groups is 1. The fourth-order valence-corrected chi connectivity index (χ4v) is 2.54. The highest BCUT2D eigenvalue weighted by atomic mass is 32.1. The average molecular weight is 256 g/mol. The summed E-state index contributed by atoms with van der Waals surface area (Å²) in [6.07, 6.45) is 3.73. The van der Waals surface area contributed by atoms with Crippen molar-refractivity contribution in [2.75, 3.05) is 18.0 Å². The number of rotatable bonds is 7. The molecule has 1 heterocycles. The fourth-order valence-electron chi connectivity index (χ4n) is 1.71. The van der Waals surface area contributed by atoms with E-state index in [1.807, 2.05) is 0 Å². The van der Waals surface area contributed by atoms with Crippen LogP contribution in [0, 0.1) is 5.92 Å². The van der Waals surface area contributed by atoms with Gasteiger partial charge in [0.1, 0.15) is 4.88 Å². The molecule has 96 valence electrons. The maximum Gasteiger partial charge on any atom is 0.347 e. The molecule has 0 saturated carbocycles. The van der Waals surface area contributed by atoms with Gasteiger partial charge in [-0.3, -0.25) is 0 Å². The third-order valence-electron chi connectivity index (χ3n) is 2.99. The van der Waals surface area contributed by atoms with Crippen molar-refractivity contribution in [2.45, 2.75) is 33.6 Å². The smallest absolute Gasteiger partial charge is 0.347 e. The normalized spacial score (nSPS) is 10.8. The number of carboxylic acid groups (broad SMARTS) is 1. The maximum atomic E-state index is 10.8. The van der Waals surface area contributed by atoms with Gasteiger partial charge in [-0.25, -0.2) is 9.78 Å². The summed E-state index contributed by atoms with van der Waals surface area (Å²) in [6, 6.07) is 0. The first kappa shape index (κ1) is 14.0. The Morgan fingerprint density at radius 2 is 2.12 bits per heavy atom. The molecule has 0 aliphatic rings. The molecule has 0 aliphatic heterocycles. The van der Waals surface area contributed by atoms with Crippen LogP contribution in [0.5, 0.6) is 0 Å². The molecule has 0 spiro atoms. The van der Waals surface area contributed by atoms with Crippen LogP contribution < -0.4 is 4.90 Å². The lowest BCUT2D eigenvalue weighted by Gasteiger charge is -2.24. The molecular weight excluding hydrogens is 236 g/mol. The number of hydrogen-bond acceptors (Lipinski definition) is 4. The van der Waals surface area contributed by atoms with E-state index in [2.05, 4.69) is 30.7 Å². The summed E-state index contributed by atoms with van der Waals surface area (Å²) in [4.78, 5) is 17.5. The standard InChI is InChI=1S/C12H20N2O2S/c1-4-9(5-2)8-14(6-3)12-13-7-10(17-12)11(15)16/h7,9H,4-6,8H2,1-3H3,(H,15,16). The topological polar surface area (TPSA) is 53.4 Å². The second-order valence-corrected chi connectivity index (χ2v) is 5.04. The van der Waals surface area contributed by atoms with Crippen molar-refractivity contribution in [1.29, 1.82) is 0 Å². The molecule has 1 N–H and O–H groups in total. The van der Waals surface area contributed by atoms with Gasteiger partial charge in [0.15, 0.2) is 5.13 Å². The molecule has 0 atom stereocenters. The molecule has 0 fully saturated rings. The molecule has 0 saturated heterocycles. The number of nitrogens with zero attached hydrogens (tertiary/aromatic N) is 2. The fraction of sp³-hybridized carbons (Fsp3) is 0.667. The minimum Gasteiger partial charge on any atom is -0.477 e. The van der Waals surface area contributed by atoms with Crippen molar-refractivity contribution in [3.8, 4) is 0 Å². The first-order valence-corrected chi connectivity index (χ1v) is 6.88. The molecule has 0 aliphatic carbocycles.